The number of aromatic carboxylic acids is 1. The number of methoxy groups -OCH3 is 1. The average molecular weight is 275 g/mol. The summed E-state index contributed by atoms with van der Waals surface area (Å²) in [6, 6.07) is 1.47. The van der Waals surface area contributed by atoms with E-state index in [2.05, 4.69) is 5.32 Å². The van der Waals surface area contributed by atoms with Crippen molar-refractivity contribution in [2.75, 3.05) is 30.5 Å². The van der Waals surface area contributed by atoms with Crippen LogP contribution in [0.3, 0.4) is 0 Å². The van der Waals surface area contributed by atoms with Crippen LogP contribution in [0.1, 0.15) is 10.4 Å². The Morgan fingerprint density at radius 1 is 1.59 bits per heavy atom. The second kappa shape index (κ2) is 7.31. The highest BCUT2D eigenvalue weighted by Gasteiger charge is 2.13. The van der Waals surface area contributed by atoms with Crippen LogP contribution in [-0.4, -0.2) is 42.2 Å². The normalized spacial score (nSPS) is 10.2. The zero-order valence-corrected chi connectivity index (χ0v) is 10.9. The zero-order valence-electron chi connectivity index (χ0n) is 9.26. The maximum atomic E-state index is 11.5. The molecule has 0 saturated heterocycles. The molecule has 0 spiro atoms. The lowest BCUT2D eigenvalue weighted by atomic mass is 10.3. The summed E-state index contributed by atoms with van der Waals surface area (Å²) in [6.45, 7) is 0.595. The number of amides is 1. The van der Waals surface area contributed by atoms with Gasteiger partial charge in [-0.3, -0.25) is 4.79 Å². The van der Waals surface area contributed by atoms with Gasteiger partial charge in [0.05, 0.1) is 17.9 Å². The molecule has 2 N–H and O–H groups in total. The van der Waals surface area contributed by atoms with Gasteiger partial charge >= 0.3 is 5.97 Å². The number of hydrogen-bond acceptors (Lipinski definition) is 5. The molecule has 0 fully saturated rings. The number of ether oxygens (including phenoxy) is 1. The minimum absolute atomic E-state index is 0.130. The molecule has 1 aromatic rings. The van der Waals surface area contributed by atoms with Crippen molar-refractivity contribution in [3.8, 4) is 0 Å². The van der Waals surface area contributed by atoms with Gasteiger partial charge in [-0.15, -0.1) is 23.1 Å². The first-order valence-electron chi connectivity index (χ1n) is 4.82. The first kappa shape index (κ1) is 14.0. The van der Waals surface area contributed by atoms with Crippen LogP contribution in [0.4, 0.5) is 5.00 Å². The smallest absolute Gasteiger partial charge is 0.338 e. The van der Waals surface area contributed by atoms with Crippen LogP contribution in [-0.2, 0) is 9.53 Å². The molecule has 0 aliphatic rings. The summed E-state index contributed by atoms with van der Waals surface area (Å²) < 4.78 is 4.85. The maximum Gasteiger partial charge on any atom is 0.338 e. The molecule has 17 heavy (non-hydrogen) atoms. The van der Waals surface area contributed by atoms with Gasteiger partial charge in [0.15, 0.2) is 0 Å². The first-order chi connectivity index (χ1) is 8.15. The van der Waals surface area contributed by atoms with Crippen molar-refractivity contribution in [3.05, 3.63) is 17.0 Å². The van der Waals surface area contributed by atoms with Crippen LogP contribution in [0.2, 0.25) is 0 Å². The van der Waals surface area contributed by atoms with Gasteiger partial charge in [-0.05, 0) is 11.4 Å². The molecule has 0 aromatic carbocycles. The topological polar surface area (TPSA) is 75.6 Å². The van der Waals surface area contributed by atoms with Crippen LogP contribution in [0, 0.1) is 0 Å². The summed E-state index contributed by atoms with van der Waals surface area (Å²) in [4.78, 5) is 22.3. The highest BCUT2D eigenvalue weighted by molar-refractivity contribution is 7.99. The molecule has 1 amide bonds. The third-order valence-electron chi connectivity index (χ3n) is 1.81. The minimum atomic E-state index is -1.03. The summed E-state index contributed by atoms with van der Waals surface area (Å²) in [5.74, 6) is -0.204. The molecular weight excluding hydrogens is 262 g/mol. The van der Waals surface area contributed by atoms with Gasteiger partial charge in [0.2, 0.25) is 5.91 Å². The lowest BCUT2D eigenvalue weighted by Gasteiger charge is -2.03. The van der Waals surface area contributed by atoms with E-state index < -0.39 is 5.97 Å². The molecule has 0 unspecified atom stereocenters. The molecule has 0 atom stereocenters. The third kappa shape index (κ3) is 4.76. The van der Waals surface area contributed by atoms with Gasteiger partial charge in [-0.1, -0.05) is 0 Å². The number of carbonyl (C=O) groups excluding carboxylic acids is 1. The summed E-state index contributed by atoms with van der Waals surface area (Å²) in [5, 5.41) is 13.5. The SMILES string of the molecule is COCCSCC(=O)Nc1sccc1C(=O)O. The predicted octanol–water partition coefficient (Wildman–Crippen LogP) is 1.76. The van der Waals surface area contributed by atoms with E-state index in [0.717, 1.165) is 5.75 Å². The Morgan fingerprint density at radius 2 is 2.35 bits per heavy atom. The molecule has 94 valence electrons. The largest absolute Gasteiger partial charge is 0.478 e. The van der Waals surface area contributed by atoms with E-state index in [4.69, 9.17) is 9.84 Å². The van der Waals surface area contributed by atoms with E-state index in [9.17, 15) is 9.59 Å². The summed E-state index contributed by atoms with van der Waals surface area (Å²) in [6.07, 6.45) is 0. The monoisotopic (exact) mass is 275 g/mol. The van der Waals surface area contributed by atoms with Crippen molar-refractivity contribution in [2.24, 2.45) is 0 Å². The summed E-state index contributed by atoms with van der Waals surface area (Å²) in [5.41, 5.74) is 0.130. The van der Waals surface area contributed by atoms with E-state index >= 15 is 0 Å². The summed E-state index contributed by atoms with van der Waals surface area (Å²) in [7, 11) is 1.60. The molecule has 0 radical (unpaired) electrons. The zero-order chi connectivity index (χ0) is 12.7. The number of anilines is 1. The number of carboxylic acid groups (broad SMARTS) is 1. The first-order valence-corrected chi connectivity index (χ1v) is 6.86. The van der Waals surface area contributed by atoms with Crippen molar-refractivity contribution < 1.29 is 19.4 Å². The number of thioether (sulfide) groups is 1. The minimum Gasteiger partial charge on any atom is -0.478 e. The highest BCUT2D eigenvalue weighted by Crippen LogP contribution is 2.23. The van der Waals surface area contributed by atoms with Crippen LogP contribution in [0.15, 0.2) is 11.4 Å². The number of carbonyl (C=O) groups is 2. The van der Waals surface area contributed by atoms with Crippen molar-refractivity contribution in [3.63, 3.8) is 0 Å². The molecule has 7 heteroatoms. The van der Waals surface area contributed by atoms with E-state index in [-0.39, 0.29) is 11.5 Å². The predicted molar refractivity (Wildman–Crippen MR) is 69.1 cm³/mol. The molecule has 0 aliphatic carbocycles. The number of carboxylic acids is 1. The van der Waals surface area contributed by atoms with E-state index in [0.29, 0.717) is 17.4 Å². The van der Waals surface area contributed by atoms with Crippen LogP contribution >= 0.6 is 23.1 Å². The van der Waals surface area contributed by atoms with Crippen molar-refractivity contribution in [1.82, 2.24) is 0 Å². The Labute approximate surface area is 107 Å². The van der Waals surface area contributed by atoms with Crippen molar-refractivity contribution >= 4 is 40.0 Å². The highest BCUT2D eigenvalue weighted by atomic mass is 32.2. The molecular formula is C10H13NO4S2. The summed E-state index contributed by atoms with van der Waals surface area (Å²) >= 11 is 2.65. The standard InChI is InChI=1S/C10H13NO4S2/c1-15-3-5-16-6-8(12)11-9-7(10(13)14)2-4-17-9/h2,4H,3,5-6H2,1H3,(H,11,12)(H,13,14). The second-order valence-electron chi connectivity index (χ2n) is 3.06. The Hall–Kier alpha value is -1.05. The number of thiophene rings is 1. The third-order valence-corrected chi connectivity index (χ3v) is 3.57. The lowest BCUT2D eigenvalue weighted by molar-refractivity contribution is -0.113. The fourth-order valence-electron chi connectivity index (χ4n) is 1.04. The van der Waals surface area contributed by atoms with Gasteiger partial charge < -0.3 is 15.2 Å². The lowest BCUT2D eigenvalue weighted by Crippen LogP contribution is -2.15. The molecule has 1 heterocycles. The molecule has 1 rings (SSSR count). The van der Waals surface area contributed by atoms with Crippen molar-refractivity contribution in [2.45, 2.75) is 0 Å². The quantitative estimate of drug-likeness (QED) is 0.742. The van der Waals surface area contributed by atoms with Gasteiger partial charge in [-0.2, -0.15) is 0 Å². The number of nitrogens with one attached hydrogen (secondary N) is 1. The molecule has 0 bridgehead atoms. The molecule has 0 saturated carbocycles. The Bertz CT molecular complexity index is 391. The Balaban J connectivity index is 2.40. The molecule has 0 aliphatic heterocycles. The van der Waals surface area contributed by atoms with Gasteiger partial charge in [0, 0.05) is 12.9 Å². The second-order valence-corrected chi connectivity index (χ2v) is 5.08. The maximum absolute atomic E-state index is 11.5. The average Bonchev–Trinajstić information content (AvgIpc) is 2.72. The van der Waals surface area contributed by atoms with Gasteiger partial charge in [-0.25, -0.2) is 4.79 Å². The van der Waals surface area contributed by atoms with Crippen LogP contribution in [0.5, 0.6) is 0 Å². The fraction of sp³-hybridized carbons (Fsp3) is 0.400. The van der Waals surface area contributed by atoms with Gasteiger partial charge in [0.25, 0.3) is 0 Å². The van der Waals surface area contributed by atoms with E-state index in [1.54, 1.807) is 12.5 Å². The van der Waals surface area contributed by atoms with Crippen LogP contribution < -0.4 is 5.32 Å². The van der Waals surface area contributed by atoms with Crippen LogP contribution in [0.25, 0.3) is 0 Å². The number of rotatable bonds is 7. The van der Waals surface area contributed by atoms with E-state index in [1.807, 2.05) is 0 Å². The van der Waals surface area contributed by atoms with Gasteiger partial charge in [0.1, 0.15) is 5.00 Å². The Morgan fingerprint density at radius 3 is 3.00 bits per heavy atom. The fourth-order valence-corrected chi connectivity index (χ4v) is 2.53. The van der Waals surface area contributed by atoms with Crippen molar-refractivity contribution in [1.29, 1.82) is 0 Å². The molecule has 5 nitrogen and oxygen atoms in total. The Kier molecular flexibility index (Phi) is 6.03. The van der Waals surface area contributed by atoms with E-state index in [1.165, 1.54) is 29.2 Å². The number of hydrogen-bond donors (Lipinski definition) is 2. The molecule has 1 aromatic heterocycles.